The van der Waals surface area contributed by atoms with E-state index in [2.05, 4.69) is 5.32 Å². The maximum atomic E-state index is 13.6. The lowest BCUT2D eigenvalue weighted by molar-refractivity contribution is -0.120. The van der Waals surface area contributed by atoms with Crippen molar-refractivity contribution < 1.29 is 26.4 Å². The molecule has 0 aliphatic rings. The fraction of sp³-hybridized carbons (Fsp3) is 0.167. The molecule has 2 N–H and O–H groups in total. The molecular formula is C18H16F2N2O4S. The highest BCUT2D eigenvalue weighted by Gasteiger charge is 2.24. The van der Waals surface area contributed by atoms with Crippen LogP contribution in [0.2, 0.25) is 0 Å². The molecule has 0 radical (unpaired) electrons. The van der Waals surface area contributed by atoms with Crippen LogP contribution in [0.15, 0.2) is 57.8 Å². The Hall–Kier alpha value is -2.78. The zero-order valence-corrected chi connectivity index (χ0v) is 15.0. The molecule has 0 spiro atoms. The molecule has 3 rings (SSSR count). The van der Waals surface area contributed by atoms with Gasteiger partial charge in [0.05, 0.1) is 12.6 Å². The van der Waals surface area contributed by atoms with Crippen LogP contribution in [-0.4, -0.2) is 20.9 Å². The summed E-state index contributed by atoms with van der Waals surface area (Å²) < 4.78 is 58.9. The van der Waals surface area contributed by atoms with Crippen molar-refractivity contribution in [1.29, 1.82) is 0 Å². The van der Waals surface area contributed by atoms with Crippen LogP contribution in [0.25, 0.3) is 11.0 Å². The highest BCUT2D eigenvalue weighted by atomic mass is 32.2. The number of carbonyl (C=O) groups is 1. The molecule has 0 fully saturated rings. The van der Waals surface area contributed by atoms with Crippen molar-refractivity contribution in [2.75, 3.05) is 6.54 Å². The van der Waals surface area contributed by atoms with Crippen molar-refractivity contribution in [3.05, 3.63) is 65.9 Å². The summed E-state index contributed by atoms with van der Waals surface area (Å²) in [6.45, 7) is 0.987. The first-order valence-electron chi connectivity index (χ1n) is 7.99. The van der Waals surface area contributed by atoms with Gasteiger partial charge in [0.15, 0.2) is 4.90 Å². The zero-order valence-electron chi connectivity index (χ0n) is 14.2. The van der Waals surface area contributed by atoms with Crippen molar-refractivity contribution in [3.8, 4) is 0 Å². The van der Waals surface area contributed by atoms with E-state index in [1.165, 1.54) is 0 Å². The molecule has 2 aromatic carbocycles. The minimum atomic E-state index is -4.52. The Kier molecular flexibility index (Phi) is 5.24. The van der Waals surface area contributed by atoms with E-state index in [1.54, 1.807) is 19.1 Å². The van der Waals surface area contributed by atoms with Gasteiger partial charge in [0.1, 0.15) is 23.0 Å². The SMILES string of the molecule is C[C@@H](NC(=O)CNS(=O)(=O)c1c(F)cccc1F)c1cc2ccccc2o1. The number of fused-ring (bicyclic) bond motifs is 1. The van der Waals surface area contributed by atoms with Crippen LogP contribution in [-0.2, 0) is 14.8 Å². The minimum absolute atomic E-state index is 0.493. The number of furan rings is 1. The van der Waals surface area contributed by atoms with E-state index in [-0.39, 0.29) is 0 Å². The quantitative estimate of drug-likeness (QED) is 0.673. The van der Waals surface area contributed by atoms with E-state index in [1.807, 2.05) is 22.9 Å². The maximum Gasteiger partial charge on any atom is 0.246 e. The predicted octanol–water partition coefficient (Wildman–Crippen LogP) is 2.87. The number of rotatable bonds is 6. The molecule has 142 valence electrons. The van der Waals surface area contributed by atoms with Crippen LogP contribution in [0, 0.1) is 11.6 Å². The van der Waals surface area contributed by atoms with Gasteiger partial charge in [-0.25, -0.2) is 21.9 Å². The first-order valence-corrected chi connectivity index (χ1v) is 9.48. The third-order valence-electron chi connectivity index (χ3n) is 3.86. The van der Waals surface area contributed by atoms with Gasteiger partial charge in [-0.15, -0.1) is 0 Å². The molecule has 3 aromatic rings. The van der Waals surface area contributed by atoms with Crippen LogP contribution in [0.4, 0.5) is 8.78 Å². The predicted molar refractivity (Wildman–Crippen MR) is 94.3 cm³/mol. The topological polar surface area (TPSA) is 88.4 Å². The molecule has 0 aliphatic carbocycles. The Labute approximate surface area is 154 Å². The molecule has 0 unspecified atom stereocenters. The number of hydrogen-bond donors (Lipinski definition) is 2. The monoisotopic (exact) mass is 394 g/mol. The van der Waals surface area contributed by atoms with Crippen LogP contribution >= 0.6 is 0 Å². The average Bonchev–Trinajstić information content (AvgIpc) is 3.04. The van der Waals surface area contributed by atoms with Gasteiger partial charge in [-0.3, -0.25) is 4.79 Å². The lowest BCUT2D eigenvalue weighted by atomic mass is 10.2. The number of sulfonamides is 1. The van der Waals surface area contributed by atoms with Crippen LogP contribution in [0.3, 0.4) is 0 Å². The summed E-state index contributed by atoms with van der Waals surface area (Å²) in [6.07, 6.45) is 0. The van der Waals surface area contributed by atoms with Crippen molar-refractivity contribution in [1.82, 2.24) is 10.0 Å². The van der Waals surface area contributed by atoms with Crippen molar-refractivity contribution in [2.24, 2.45) is 0 Å². The van der Waals surface area contributed by atoms with E-state index in [9.17, 15) is 22.0 Å². The molecule has 0 aliphatic heterocycles. The minimum Gasteiger partial charge on any atom is -0.459 e. The molecule has 0 bridgehead atoms. The summed E-state index contributed by atoms with van der Waals surface area (Å²) in [5, 5.41) is 3.43. The second-order valence-corrected chi connectivity index (χ2v) is 7.55. The number of para-hydroxylation sites is 1. The average molecular weight is 394 g/mol. The molecule has 1 amide bonds. The van der Waals surface area contributed by atoms with Gasteiger partial charge in [-0.1, -0.05) is 24.3 Å². The largest absolute Gasteiger partial charge is 0.459 e. The molecule has 1 atom stereocenters. The number of amides is 1. The van der Waals surface area contributed by atoms with Gasteiger partial charge >= 0.3 is 0 Å². The standard InChI is InChI=1S/C18H16F2N2O4S/c1-11(16-9-12-5-2-3-8-15(12)26-16)22-17(23)10-21-27(24,25)18-13(19)6-4-7-14(18)20/h2-9,11,21H,10H2,1H3,(H,22,23)/t11-/m1/s1. The highest BCUT2D eigenvalue weighted by Crippen LogP contribution is 2.23. The molecule has 6 nitrogen and oxygen atoms in total. The maximum absolute atomic E-state index is 13.6. The molecule has 0 saturated carbocycles. The normalized spacial score (nSPS) is 12.9. The third kappa shape index (κ3) is 4.15. The smallest absolute Gasteiger partial charge is 0.246 e. The Balaban J connectivity index is 1.65. The highest BCUT2D eigenvalue weighted by molar-refractivity contribution is 7.89. The van der Waals surface area contributed by atoms with Crippen molar-refractivity contribution >= 4 is 26.9 Å². The molecule has 1 aromatic heterocycles. The summed E-state index contributed by atoms with van der Waals surface area (Å²) in [4.78, 5) is 10.9. The number of carbonyl (C=O) groups excluding carboxylic acids is 1. The second kappa shape index (κ2) is 7.45. The summed E-state index contributed by atoms with van der Waals surface area (Å²) in [7, 11) is -4.52. The summed E-state index contributed by atoms with van der Waals surface area (Å²) >= 11 is 0. The first kappa shape index (κ1) is 19.0. The van der Waals surface area contributed by atoms with Crippen LogP contribution in [0.5, 0.6) is 0 Å². The lowest BCUT2D eigenvalue weighted by Gasteiger charge is -2.12. The van der Waals surface area contributed by atoms with Crippen molar-refractivity contribution in [2.45, 2.75) is 17.9 Å². The lowest BCUT2D eigenvalue weighted by Crippen LogP contribution is -2.38. The van der Waals surface area contributed by atoms with Gasteiger partial charge in [0, 0.05) is 5.39 Å². The fourth-order valence-electron chi connectivity index (χ4n) is 2.55. The number of nitrogens with one attached hydrogen (secondary N) is 2. The van der Waals surface area contributed by atoms with Gasteiger partial charge in [-0.2, -0.15) is 0 Å². The number of benzene rings is 2. The molecule has 0 saturated heterocycles. The van der Waals surface area contributed by atoms with E-state index in [0.29, 0.717) is 11.3 Å². The van der Waals surface area contributed by atoms with E-state index in [4.69, 9.17) is 4.42 Å². The van der Waals surface area contributed by atoms with E-state index in [0.717, 1.165) is 23.6 Å². The van der Waals surface area contributed by atoms with Gasteiger partial charge in [-0.05, 0) is 31.2 Å². The summed E-state index contributed by atoms with van der Waals surface area (Å²) in [5.74, 6) is -2.66. The Morgan fingerprint density at radius 3 is 2.44 bits per heavy atom. The third-order valence-corrected chi connectivity index (χ3v) is 5.31. The second-order valence-electron chi connectivity index (χ2n) is 5.85. The van der Waals surface area contributed by atoms with Gasteiger partial charge in [0.25, 0.3) is 0 Å². The van der Waals surface area contributed by atoms with Gasteiger partial charge in [0.2, 0.25) is 15.9 Å². The fourth-order valence-corrected chi connectivity index (χ4v) is 3.67. The van der Waals surface area contributed by atoms with Gasteiger partial charge < -0.3 is 9.73 Å². The Morgan fingerprint density at radius 2 is 1.78 bits per heavy atom. The van der Waals surface area contributed by atoms with Crippen LogP contribution in [0.1, 0.15) is 18.7 Å². The zero-order chi connectivity index (χ0) is 19.6. The van der Waals surface area contributed by atoms with E-state index < -0.39 is 45.0 Å². The molecule has 1 heterocycles. The Bertz CT molecular complexity index is 1040. The first-order chi connectivity index (χ1) is 12.8. The molecular weight excluding hydrogens is 378 g/mol. The Morgan fingerprint density at radius 1 is 1.11 bits per heavy atom. The number of halogens is 2. The summed E-state index contributed by atoms with van der Waals surface area (Å²) in [6, 6.07) is 11.2. The summed E-state index contributed by atoms with van der Waals surface area (Å²) in [5.41, 5.74) is 0.657. The van der Waals surface area contributed by atoms with Crippen molar-refractivity contribution in [3.63, 3.8) is 0 Å². The van der Waals surface area contributed by atoms with E-state index >= 15 is 0 Å². The molecule has 27 heavy (non-hydrogen) atoms. The van der Waals surface area contributed by atoms with Crippen LogP contribution < -0.4 is 10.0 Å². The molecule has 9 heteroatoms. The number of hydrogen-bond acceptors (Lipinski definition) is 4.